The predicted molar refractivity (Wildman–Crippen MR) is 181 cm³/mol. The molecule has 2 rings (SSSR count). The molecule has 1 aromatic rings. The summed E-state index contributed by atoms with van der Waals surface area (Å²) in [5.74, 6) is -5.87. The van der Waals surface area contributed by atoms with Crippen LogP contribution in [0, 0.1) is 11.8 Å². The molecule has 10 N–H and O–H groups in total. The van der Waals surface area contributed by atoms with E-state index in [0.29, 0.717) is 17.7 Å². The van der Waals surface area contributed by atoms with Crippen molar-refractivity contribution in [3.05, 3.63) is 29.8 Å². The van der Waals surface area contributed by atoms with Gasteiger partial charge in [-0.05, 0) is 42.4 Å². The molecule has 1 fully saturated rings. The molecule has 1 aliphatic heterocycles. The van der Waals surface area contributed by atoms with E-state index in [1.807, 2.05) is 13.8 Å². The van der Waals surface area contributed by atoms with E-state index in [0.717, 1.165) is 0 Å². The summed E-state index contributed by atoms with van der Waals surface area (Å²) in [4.78, 5) is 96.0. The van der Waals surface area contributed by atoms with E-state index in [1.165, 1.54) is 11.9 Å². The number of nitrogens with two attached hydrogens (primary N) is 2. The van der Waals surface area contributed by atoms with Gasteiger partial charge in [0.25, 0.3) is 0 Å². The summed E-state index contributed by atoms with van der Waals surface area (Å²) in [6, 6.07) is 1.47. The third kappa shape index (κ3) is 13.4. The van der Waals surface area contributed by atoms with Crippen LogP contribution in [0.5, 0.6) is 0 Å². The molecule has 1 aromatic carbocycles. The Kier molecular flexibility index (Phi) is 15.4. The highest BCUT2D eigenvalue weighted by molar-refractivity contribution is 5.98. The lowest BCUT2D eigenvalue weighted by Crippen LogP contribution is -2.59. The van der Waals surface area contributed by atoms with E-state index in [9.17, 15) is 38.7 Å². The number of carbonyl (C=O) groups is 7. The normalized spacial score (nSPS) is 21.1. The van der Waals surface area contributed by atoms with Gasteiger partial charge >= 0.3 is 5.97 Å². The van der Waals surface area contributed by atoms with Crippen LogP contribution in [0.15, 0.2) is 29.3 Å². The maximum Gasteiger partial charge on any atom is 0.305 e. The van der Waals surface area contributed by atoms with Crippen molar-refractivity contribution in [2.45, 2.75) is 84.0 Å². The van der Waals surface area contributed by atoms with Crippen LogP contribution < -0.4 is 38.1 Å². The topological polar surface area (TPSA) is 268 Å². The van der Waals surface area contributed by atoms with Gasteiger partial charge in [0, 0.05) is 32.1 Å². The first-order valence-corrected chi connectivity index (χ1v) is 16.1. The lowest BCUT2D eigenvalue weighted by molar-refractivity contribution is -0.144. The quantitative estimate of drug-likeness (QED) is 0.0739. The largest absolute Gasteiger partial charge is 0.481 e. The van der Waals surface area contributed by atoms with Gasteiger partial charge in [-0.25, -0.2) is 0 Å². The molecule has 4 atom stereocenters. The highest BCUT2D eigenvalue weighted by Gasteiger charge is 2.37. The minimum absolute atomic E-state index is 0.0800. The number of nitrogens with zero attached hydrogens (tertiary/aromatic N) is 2. The van der Waals surface area contributed by atoms with Crippen LogP contribution in [0.25, 0.3) is 0 Å². The van der Waals surface area contributed by atoms with E-state index < -0.39 is 78.6 Å². The number of rotatable bonds is 12. The van der Waals surface area contributed by atoms with Crippen LogP contribution in [0.2, 0.25) is 0 Å². The molecule has 1 saturated heterocycles. The molecule has 270 valence electrons. The zero-order valence-electron chi connectivity index (χ0n) is 28.6. The fourth-order valence-electron chi connectivity index (χ4n) is 5.27. The number of nitrogens with one attached hydrogen (secondary N) is 5. The Labute approximate surface area is 285 Å². The molecule has 0 aromatic heterocycles. The number of amides is 6. The molecular weight excluding hydrogens is 638 g/mol. The lowest BCUT2D eigenvalue weighted by atomic mass is 9.98. The minimum atomic E-state index is -1.60. The molecule has 0 radical (unpaired) electrons. The summed E-state index contributed by atoms with van der Waals surface area (Å²) in [5.41, 5.74) is 11.9. The Balaban J connectivity index is 2.49. The number of likely N-dealkylation sites (N-methyl/N-ethyl adjacent to an activating group) is 1. The molecule has 1 heterocycles. The molecule has 0 spiro atoms. The van der Waals surface area contributed by atoms with Crippen molar-refractivity contribution in [2.75, 3.05) is 25.5 Å². The van der Waals surface area contributed by atoms with Crippen LogP contribution in [-0.4, -0.2) is 102 Å². The van der Waals surface area contributed by atoms with Crippen LogP contribution in [0.3, 0.4) is 0 Å². The lowest BCUT2D eigenvalue weighted by Gasteiger charge is -2.34. The van der Waals surface area contributed by atoms with Crippen molar-refractivity contribution in [3.8, 4) is 0 Å². The van der Waals surface area contributed by atoms with Crippen LogP contribution in [-0.2, 0) is 40.0 Å². The van der Waals surface area contributed by atoms with Gasteiger partial charge in [0.05, 0.1) is 13.0 Å². The molecule has 1 aliphatic rings. The van der Waals surface area contributed by atoms with E-state index in [-0.39, 0.29) is 43.6 Å². The summed E-state index contributed by atoms with van der Waals surface area (Å²) in [6.45, 7) is 6.79. The smallest absolute Gasteiger partial charge is 0.305 e. The van der Waals surface area contributed by atoms with Crippen LogP contribution in [0.4, 0.5) is 5.69 Å². The molecular formula is C32H49N9O8. The predicted octanol–water partition coefficient (Wildman–Crippen LogP) is -1.19. The molecule has 17 nitrogen and oxygen atoms in total. The number of aliphatic imine (C=N–C) groups is 1. The monoisotopic (exact) mass is 687 g/mol. The van der Waals surface area contributed by atoms with E-state index in [2.05, 4.69) is 31.6 Å². The standard InChI is InChI=1S/C32H49N9O8/c1-17(2)13-24(42)37-20-10-8-19(9-11-20)14-23-31(49)41(5)27(18(3)4)30(48)39-21(7-6-12-35-32(33)34)28(46)36-16-25(43)38-22(15-26(44)45)29(47)40-23/h8-11,17-18,21-23,27H,6-7,12-16H2,1-5H3,(H,36,46)(H,37,42)(H,38,43)(H,39,48)(H,40,47)(H,44,45)(H4,33,34,35)/t21-,22-,23+,27-/m0/s1. The molecule has 0 saturated carbocycles. The number of guanidine groups is 1. The van der Waals surface area contributed by atoms with Crippen molar-refractivity contribution in [1.82, 2.24) is 26.2 Å². The van der Waals surface area contributed by atoms with Gasteiger partial charge in [-0.15, -0.1) is 0 Å². The summed E-state index contributed by atoms with van der Waals surface area (Å²) in [6.07, 6.45) is -0.197. The van der Waals surface area contributed by atoms with Gasteiger partial charge in [-0.1, -0.05) is 39.8 Å². The first-order valence-electron chi connectivity index (χ1n) is 16.1. The molecule has 49 heavy (non-hydrogen) atoms. The van der Waals surface area contributed by atoms with Gasteiger partial charge in [-0.2, -0.15) is 0 Å². The number of benzene rings is 1. The second-order valence-electron chi connectivity index (χ2n) is 12.7. The second kappa shape index (κ2) is 18.9. The zero-order chi connectivity index (χ0) is 36.8. The summed E-state index contributed by atoms with van der Waals surface area (Å²) < 4.78 is 0. The maximum absolute atomic E-state index is 14.1. The Hall–Kier alpha value is -5.22. The van der Waals surface area contributed by atoms with Gasteiger partial charge in [0.2, 0.25) is 35.4 Å². The molecule has 0 unspecified atom stereocenters. The summed E-state index contributed by atoms with van der Waals surface area (Å²) >= 11 is 0. The number of carboxylic acids is 1. The van der Waals surface area contributed by atoms with Crippen molar-refractivity contribution < 1.29 is 38.7 Å². The van der Waals surface area contributed by atoms with E-state index >= 15 is 0 Å². The van der Waals surface area contributed by atoms with Crippen molar-refractivity contribution in [2.24, 2.45) is 28.3 Å². The molecule has 6 amide bonds. The fraction of sp³-hybridized carbons (Fsp3) is 0.562. The molecule has 0 aliphatic carbocycles. The summed E-state index contributed by atoms with van der Waals surface area (Å²) in [5, 5.41) is 22.2. The summed E-state index contributed by atoms with van der Waals surface area (Å²) in [7, 11) is 1.39. The number of carboxylic acid groups (broad SMARTS) is 1. The number of carbonyl (C=O) groups excluding carboxylic acids is 6. The molecule has 17 heteroatoms. The number of anilines is 1. The van der Waals surface area contributed by atoms with Crippen LogP contribution >= 0.6 is 0 Å². The van der Waals surface area contributed by atoms with Gasteiger partial charge in [0.1, 0.15) is 24.2 Å². The third-order valence-corrected chi connectivity index (χ3v) is 7.58. The van der Waals surface area contributed by atoms with Crippen molar-refractivity contribution in [1.29, 1.82) is 0 Å². The van der Waals surface area contributed by atoms with Gasteiger partial charge in [0.15, 0.2) is 5.96 Å². The zero-order valence-corrected chi connectivity index (χ0v) is 28.6. The number of aliphatic carboxylic acids is 1. The fourth-order valence-corrected chi connectivity index (χ4v) is 5.27. The van der Waals surface area contributed by atoms with E-state index in [4.69, 9.17) is 11.5 Å². The molecule has 0 bridgehead atoms. The van der Waals surface area contributed by atoms with E-state index in [1.54, 1.807) is 38.1 Å². The third-order valence-electron chi connectivity index (χ3n) is 7.58. The average molecular weight is 688 g/mol. The number of hydrogen-bond acceptors (Lipinski definition) is 8. The maximum atomic E-state index is 14.1. The van der Waals surface area contributed by atoms with Gasteiger partial charge in [-0.3, -0.25) is 38.6 Å². The van der Waals surface area contributed by atoms with Gasteiger partial charge < -0.3 is 48.1 Å². The minimum Gasteiger partial charge on any atom is -0.481 e. The SMILES string of the molecule is CC(C)CC(=O)Nc1ccc(C[C@H]2NC(=O)[C@H](CC(=O)O)NC(=O)CNC(=O)[C@H](CCCN=C(N)N)NC(=O)[C@H](C(C)C)N(C)C2=O)cc1. The second-order valence-corrected chi connectivity index (χ2v) is 12.7. The average Bonchev–Trinajstić information content (AvgIpc) is 2.99. The Morgan fingerprint density at radius 3 is 2.14 bits per heavy atom. The first kappa shape index (κ1) is 40.0. The van der Waals surface area contributed by atoms with Crippen LogP contribution in [0.1, 0.15) is 58.9 Å². The Morgan fingerprint density at radius 1 is 0.939 bits per heavy atom. The highest BCUT2D eigenvalue weighted by atomic mass is 16.4. The number of hydrogen-bond donors (Lipinski definition) is 8. The van der Waals surface area contributed by atoms with Crippen molar-refractivity contribution >= 4 is 53.1 Å². The Bertz CT molecular complexity index is 1390. The Morgan fingerprint density at radius 2 is 1.57 bits per heavy atom. The highest BCUT2D eigenvalue weighted by Crippen LogP contribution is 2.17. The van der Waals surface area contributed by atoms with Crippen molar-refractivity contribution in [3.63, 3.8) is 0 Å². The first-order chi connectivity index (χ1) is 23.0.